The molecule has 0 aliphatic heterocycles. The fraction of sp³-hybridized carbons (Fsp3) is 0.438. The molecule has 1 aromatic heterocycles. The first-order valence-corrected chi connectivity index (χ1v) is 11.9. The summed E-state index contributed by atoms with van der Waals surface area (Å²) in [5.74, 6) is 1.02. The Balaban J connectivity index is 1.83. The number of amides is 1. The van der Waals surface area contributed by atoms with E-state index in [0.29, 0.717) is 16.5 Å². The zero-order valence-electron chi connectivity index (χ0n) is 15.2. The summed E-state index contributed by atoms with van der Waals surface area (Å²) in [4.78, 5) is 11.9. The van der Waals surface area contributed by atoms with Crippen LogP contribution in [0.5, 0.6) is 0 Å². The first kappa shape index (κ1) is 22.1. The van der Waals surface area contributed by atoms with Crippen LogP contribution in [0.15, 0.2) is 28.6 Å². The Morgan fingerprint density at radius 3 is 2.63 bits per heavy atom. The Morgan fingerprint density at radius 2 is 1.96 bits per heavy atom. The molecule has 0 fully saturated rings. The van der Waals surface area contributed by atoms with Crippen LogP contribution >= 0.6 is 34.7 Å². The monoisotopic (exact) mass is 448 g/mol. The number of thioether (sulfide) groups is 1. The van der Waals surface area contributed by atoms with Gasteiger partial charge in [-0.1, -0.05) is 61.9 Å². The molecule has 0 radical (unpaired) electrons. The summed E-state index contributed by atoms with van der Waals surface area (Å²) in [6, 6.07) is 7.54. The molecule has 0 saturated carbocycles. The number of sulfonamides is 1. The molecule has 7 nitrogen and oxygen atoms in total. The standard InChI is InChI=1S/C16H21ClN4O3S3/c1-16(2,3)13(22)19-14-20-21-15(26-14)27(23,24)18-8-9-25-10-11-6-4-5-7-12(11)17/h4-7,18H,8-10H2,1-3H3,(H,19,20,22). The summed E-state index contributed by atoms with van der Waals surface area (Å²) < 4.78 is 26.8. The fourth-order valence-electron chi connectivity index (χ4n) is 1.76. The first-order valence-electron chi connectivity index (χ1n) is 8.05. The van der Waals surface area contributed by atoms with Crippen molar-refractivity contribution in [2.45, 2.75) is 30.9 Å². The summed E-state index contributed by atoms with van der Waals surface area (Å²) in [6.07, 6.45) is 0. The van der Waals surface area contributed by atoms with E-state index in [9.17, 15) is 13.2 Å². The second-order valence-electron chi connectivity index (χ2n) is 6.62. The van der Waals surface area contributed by atoms with Gasteiger partial charge in [-0.15, -0.1) is 10.2 Å². The van der Waals surface area contributed by atoms with Crippen LogP contribution in [0.2, 0.25) is 5.02 Å². The third kappa shape index (κ3) is 6.72. The summed E-state index contributed by atoms with van der Waals surface area (Å²) in [7, 11) is -3.76. The lowest BCUT2D eigenvalue weighted by Gasteiger charge is -2.15. The Kier molecular flexibility index (Phi) is 7.64. The Bertz CT molecular complexity index is 894. The Hall–Kier alpha value is -1.20. The highest BCUT2D eigenvalue weighted by Crippen LogP contribution is 2.23. The molecular weight excluding hydrogens is 428 g/mol. The van der Waals surface area contributed by atoms with Crippen LogP contribution in [0.3, 0.4) is 0 Å². The minimum atomic E-state index is -3.76. The van der Waals surface area contributed by atoms with E-state index in [1.54, 1.807) is 32.5 Å². The number of hydrogen-bond donors (Lipinski definition) is 2. The fourth-order valence-corrected chi connectivity index (χ4v) is 5.00. The predicted molar refractivity (Wildman–Crippen MR) is 111 cm³/mol. The molecule has 0 saturated heterocycles. The molecule has 2 aromatic rings. The van der Waals surface area contributed by atoms with E-state index in [0.717, 1.165) is 16.9 Å². The zero-order valence-corrected chi connectivity index (χ0v) is 18.4. The number of nitrogens with one attached hydrogen (secondary N) is 2. The number of hydrogen-bond acceptors (Lipinski definition) is 7. The molecule has 2 rings (SSSR count). The van der Waals surface area contributed by atoms with Gasteiger partial charge in [0.25, 0.3) is 10.0 Å². The molecule has 0 bridgehead atoms. The number of halogens is 1. The lowest BCUT2D eigenvalue weighted by Crippen LogP contribution is -2.27. The Labute approximate surface area is 172 Å². The number of rotatable bonds is 8. The van der Waals surface area contributed by atoms with Crippen molar-refractivity contribution < 1.29 is 13.2 Å². The number of carbonyl (C=O) groups excluding carboxylic acids is 1. The summed E-state index contributed by atoms with van der Waals surface area (Å²) in [5.41, 5.74) is 0.400. The maximum atomic E-state index is 12.3. The lowest BCUT2D eigenvalue weighted by molar-refractivity contribution is -0.123. The van der Waals surface area contributed by atoms with Crippen LogP contribution in [0.4, 0.5) is 5.13 Å². The molecule has 1 heterocycles. The van der Waals surface area contributed by atoms with E-state index in [4.69, 9.17) is 11.6 Å². The Morgan fingerprint density at radius 1 is 1.26 bits per heavy atom. The average Bonchev–Trinajstić information content (AvgIpc) is 3.04. The van der Waals surface area contributed by atoms with Gasteiger partial charge < -0.3 is 5.32 Å². The average molecular weight is 449 g/mol. The van der Waals surface area contributed by atoms with Crippen molar-refractivity contribution in [2.24, 2.45) is 5.41 Å². The van der Waals surface area contributed by atoms with Crippen molar-refractivity contribution in [2.75, 3.05) is 17.6 Å². The number of anilines is 1. The molecule has 0 unspecified atom stereocenters. The molecule has 1 aromatic carbocycles. The van der Waals surface area contributed by atoms with E-state index in [1.807, 2.05) is 24.3 Å². The van der Waals surface area contributed by atoms with Gasteiger partial charge in [0, 0.05) is 28.5 Å². The highest BCUT2D eigenvalue weighted by atomic mass is 35.5. The number of carbonyl (C=O) groups is 1. The van der Waals surface area contributed by atoms with E-state index >= 15 is 0 Å². The minimum Gasteiger partial charge on any atom is -0.300 e. The maximum Gasteiger partial charge on any atom is 0.269 e. The highest BCUT2D eigenvalue weighted by molar-refractivity contribution is 7.98. The van der Waals surface area contributed by atoms with Crippen molar-refractivity contribution >= 4 is 55.8 Å². The van der Waals surface area contributed by atoms with E-state index in [1.165, 1.54) is 0 Å². The summed E-state index contributed by atoms with van der Waals surface area (Å²) in [6.45, 7) is 5.51. The van der Waals surface area contributed by atoms with Crippen LogP contribution in [-0.2, 0) is 20.6 Å². The van der Waals surface area contributed by atoms with Gasteiger partial charge >= 0.3 is 0 Å². The third-order valence-corrected chi connectivity index (χ3v) is 7.34. The van der Waals surface area contributed by atoms with Crippen LogP contribution in [0.1, 0.15) is 26.3 Å². The van der Waals surface area contributed by atoms with E-state index < -0.39 is 15.4 Å². The largest absolute Gasteiger partial charge is 0.300 e. The van der Waals surface area contributed by atoms with E-state index in [-0.39, 0.29) is 21.9 Å². The third-order valence-electron chi connectivity index (χ3n) is 3.29. The van der Waals surface area contributed by atoms with Gasteiger partial charge in [0.15, 0.2) is 0 Å². The molecule has 1 amide bonds. The van der Waals surface area contributed by atoms with Crippen molar-refractivity contribution in [3.8, 4) is 0 Å². The van der Waals surface area contributed by atoms with Gasteiger partial charge in [-0.05, 0) is 11.6 Å². The quantitative estimate of drug-likeness (QED) is 0.474. The van der Waals surface area contributed by atoms with Crippen molar-refractivity contribution in [1.82, 2.24) is 14.9 Å². The molecule has 2 N–H and O–H groups in total. The molecule has 0 aliphatic carbocycles. The first-order chi connectivity index (χ1) is 12.6. The van der Waals surface area contributed by atoms with Gasteiger partial charge in [0.1, 0.15) is 0 Å². The molecule has 0 aliphatic rings. The zero-order chi connectivity index (χ0) is 20.1. The molecule has 11 heteroatoms. The SMILES string of the molecule is CC(C)(C)C(=O)Nc1nnc(S(=O)(=O)NCCSCc2ccccc2Cl)s1. The van der Waals surface area contributed by atoms with Crippen molar-refractivity contribution in [3.05, 3.63) is 34.9 Å². The van der Waals surface area contributed by atoms with Gasteiger partial charge in [0.05, 0.1) is 0 Å². The van der Waals surface area contributed by atoms with Gasteiger partial charge in [-0.3, -0.25) is 4.79 Å². The van der Waals surface area contributed by atoms with Crippen LogP contribution in [-0.4, -0.2) is 36.8 Å². The lowest BCUT2D eigenvalue weighted by atomic mass is 9.96. The highest BCUT2D eigenvalue weighted by Gasteiger charge is 2.25. The smallest absolute Gasteiger partial charge is 0.269 e. The van der Waals surface area contributed by atoms with Crippen LogP contribution < -0.4 is 10.0 Å². The molecule has 0 atom stereocenters. The van der Waals surface area contributed by atoms with Crippen molar-refractivity contribution in [1.29, 1.82) is 0 Å². The number of aromatic nitrogens is 2. The van der Waals surface area contributed by atoms with Crippen LogP contribution in [0.25, 0.3) is 0 Å². The van der Waals surface area contributed by atoms with Gasteiger partial charge in [-0.25, -0.2) is 13.1 Å². The van der Waals surface area contributed by atoms with Gasteiger partial charge in [-0.2, -0.15) is 11.8 Å². The topological polar surface area (TPSA) is 101 Å². The molecular formula is C16H21ClN4O3S3. The van der Waals surface area contributed by atoms with Crippen molar-refractivity contribution in [3.63, 3.8) is 0 Å². The van der Waals surface area contributed by atoms with Crippen LogP contribution in [0, 0.1) is 5.41 Å². The summed E-state index contributed by atoms with van der Waals surface area (Å²) >= 11 is 8.48. The predicted octanol–water partition coefficient (Wildman–Crippen LogP) is 3.39. The van der Waals surface area contributed by atoms with Gasteiger partial charge in [0.2, 0.25) is 15.4 Å². The molecule has 148 valence electrons. The number of nitrogens with zero attached hydrogens (tertiary/aromatic N) is 2. The maximum absolute atomic E-state index is 12.3. The van der Waals surface area contributed by atoms with E-state index in [2.05, 4.69) is 20.2 Å². The second kappa shape index (κ2) is 9.33. The molecule has 0 spiro atoms. The minimum absolute atomic E-state index is 0.156. The second-order valence-corrected chi connectivity index (χ2v) is 11.0. The normalized spacial score (nSPS) is 12.1. The molecule has 27 heavy (non-hydrogen) atoms. The number of benzene rings is 1. The summed E-state index contributed by atoms with van der Waals surface area (Å²) in [5, 5.41) is 10.8.